The third-order valence-electron chi connectivity index (χ3n) is 3.18. The van der Waals surface area contributed by atoms with E-state index in [0.717, 1.165) is 0 Å². The van der Waals surface area contributed by atoms with Gasteiger partial charge in [-0.15, -0.1) is 0 Å². The van der Waals surface area contributed by atoms with Crippen LogP contribution in [0.25, 0.3) is 0 Å². The summed E-state index contributed by atoms with van der Waals surface area (Å²) in [5, 5.41) is 9.02. The zero-order chi connectivity index (χ0) is 16.2. The number of thioether (sulfide) groups is 1. The second kappa shape index (κ2) is 7.62. The number of halogens is 1. The molecule has 0 aromatic heterocycles. The van der Waals surface area contributed by atoms with Crippen LogP contribution in [0.15, 0.2) is 27.6 Å². The van der Waals surface area contributed by atoms with E-state index in [1.54, 1.807) is 11.8 Å². The minimum atomic E-state index is -3.75. The van der Waals surface area contributed by atoms with Crippen molar-refractivity contribution in [2.24, 2.45) is 0 Å². The predicted molar refractivity (Wildman–Crippen MR) is 88.5 cm³/mol. The van der Waals surface area contributed by atoms with E-state index in [2.05, 4.69) is 15.9 Å². The molecule has 1 aromatic carbocycles. The molecule has 0 spiro atoms. The van der Waals surface area contributed by atoms with Crippen molar-refractivity contribution in [3.63, 3.8) is 0 Å². The maximum Gasteiger partial charge on any atom is 0.335 e. The monoisotopic (exact) mass is 395 g/mol. The first-order valence-electron chi connectivity index (χ1n) is 6.25. The molecule has 0 fully saturated rings. The number of hydrogen-bond donors (Lipinski definition) is 1. The van der Waals surface area contributed by atoms with Crippen LogP contribution in [0.2, 0.25) is 0 Å². The van der Waals surface area contributed by atoms with E-state index < -0.39 is 16.0 Å². The number of benzene rings is 1. The van der Waals surface area contributed by atoms with Crippen LogP contribution in [-0.2, 0) is 10.0 Å². The first-order chi connectivity index (χ1) is 9.75. The van der Waals surface area contributed by atoms with Gasteiger partial charge in [0.25, 0.3) is 0 Å². The number of carboxylic acid groups (broad SMARTS) is 1. The van der Waals surface area contributed by atoms with E-state index in [9.17, 15) is 13.2 Å². The highest BCUT2D eigenvalue weighted by Crippen LogP contribution is 2.27. The molecule has 0 aliphatic carbocycles. The summed E-state index contributed by atoms with van der Waals surface area (Å²) >= 11 is 4.76. The molecule has 0 radical (unpaired) electrons. The molecule has 0 amide bonds. The highest BCUT2D eigenvalue weighted by Gasteiger charge is 2.29. The average Bonchev–Trinajstić information content (AvgIpc) is 2.43. The van der Waals surface area contributed by atoms with Crippen LogP contribution < -0.4 is 0 Å². The van der Waals surface area contributed by atoms with E-state index in [1.165, 1.54) is 29.6 Å². The van der Waals surface area contributed by atoms with Gasteiger partial charge >= 0.3 is 5.97 Å². The fourth-order valence-corrected chi connectivity index (χ4v) is 5.17. The van der Waals surface area contributed by atoms with Gasteiger partial charge in [-0.05, 0) is 46.8 Å². The molecule has 118 valence electrons. The molecule has 21 heavy (non-hydrogen) atoms. The Balaban J connectivity index is 3.29. The van der Waals surface area contributed by atoms with Crippen LogP contribution in [0.4, 0.5) is 0 Å². The molecule has 0 aliphatic rings. The standard InChI is InChI=1S/C13H18BrNO4S2/c1-4-10(8-20-3)15(2)21(18,19)12-7-9(13(16)17)5-6-11(12)14/h5-7,10H,4,8H2,1-3H3,(H,16,17). The quantitative estimate of drug-likeness (QED) is 0.767. The van der Waals surface area contributed by atoms with Crippen LogP contribution >= 0.6 is 27.7 Å². The molecule has 1 unspecified atom stereocenters. The maximum absolute atomic E-state index is 12.7. The maximum atomic E-state index is 12.7. The Bertz CT molecular complexity index is 619. The second-order valence-corrected chi connectivity index (χ2v) is 8.22. The highest BCUT2D eigenvalue weighted by molar-refractivity contribution is 9.10. The first-order valence-corrected chi connectivity index (χ1v) is 9.88. The summed E-state index contributed by atoms with van der Waals surface area (Å²) in [4.78, 5) is 11.0. The molecule has 0 saturated heterocycles. The van der Waals surface area contributed by atoms with Crippen LogP contribution in [0.5, 0.6) is 0 Å². The summed E-state index contributed by atoms with van der Waals surface area (Å²) in [5.74, 6) is -0.472. The largest absolute Gasteiger partial charge is 0.478 e. The number of nitrogens with zero attached hydrogens (tertiary/aromatic N) is 1. The molecule has 0 aliphatic heterocycles. The van der Waals surface area contributed by atoms with Gasteiger partial charge in [-0.25, -0.2) is 13.2 Å². The van der Waals surface area contributed by atoms with E-state index in [1.807, 2.05) is 13.2 Å². The van der Waals surface area contributed by atoms with Crippen LogP contribution in [0.1, 0.15) is 23.7 Å². The SMILES string of the molecule is CCC(CSC)N(C)S(=O)(=O)c1cc(C(=O)O)ccc1Br. The summed E-state index contributed by atoms with van der Waals surface area (Å²) in [5.41, 5.74) is -0.0527. The van der Waals surface area contributed by atoms with Crippen LogP contribution in [-0.4, -0.2) is 48.9 Å². The molecule has 1 rings (SSSR count). The van der Waals surface area contributed by atoms with Gasteiger partial charge in [0.15, 0.2) is 0 Å². The summed E-state index contributed by atoms with van der Waals surface area (Å²) in [7, 11) is -2.22. The normalized spacial score (nSPS) is 13.4. The number of carbonyl (C=O) groups is 1. The van der Waals surface area contributed by atoms with E-state index in [0.29, 0.717) is 16.6 Å². The number of aromatic carboxylic acids is 1. The van der Waals surface area contributed by atoms with Crippen molar-refractivity contribution in [3.05, 3.63) is 28.2 Å². The van der Waals surface area contributed by atoms with Gasteiger partial charge in [0, 0.05) is 23.3 Å². The van der Waals surface area contributed by atoms with Crippen LogP contribution in [0, 0.1) is 0 Å². The smallest absolute Gasteiger partial charge is 0.335 e. The molecular formula is C13H18BrNO4S2. The Morgan fingerprint density at radius 2 is 2.10 bits per heavy atom. The molecule has 0 saturated carbocycles. The molecule has 1 aromatic rings. The highest BCUT2D eigenvalue weighted by atomic mass is 79.9. The Labute approximate surface area is 137 Å². The van der Waals surface area contributed by atoms with Crippen molar-refractivity contribution >= 4 is 43.7 Å². The number of rotatable bonds is 7. The lowest BCUT2D eigenvalue weighted by Crippen LogP contribution is -2.38. The lowest BCUT2D eigenvalue weighted by atomic mass is 10.2. The lowest BCUT2D eigenvalue weighted by Gasteiger charge is -2.26. The Kier molecular flexibility index (Phi) is 6.71. The fraction of sp³-hybridized carbons (Fsp3) is 0.462. The average molecular weight is 396 g/mol. The van der Waals surface area contributed by atoms with Crippen molar-refractivity contribution in [2.45, 2.75) is 24.3 Å². The van der Waals surface area contributed by atoms with Gasteiger partial charge in [-0.3, -0.25) is 0 Å². The lowest BCUT2D eigenvalue weighted by molar-refractivity contribution is 0.0696. The fourth-order valence-electron chi connectivity index (χ4n) is 1.86. The number of carboxylic acids is 1. The summed E-state index contributed by atoms with van der Waals surface area (Å²) < 4.78 is 27.1. The minimum Gasteiger partial charge on any atom is -0.478 e. The van der Waals surface area contributed by atoms with Gasteiger partial charge < -0.3 is 5.11 Å². The van der Waals surface area contributed by atoms with Crippen molar-refractivity contribution in [1.82, 2.24) is 4.31 Å². The van der Waals surface area contributed by atoms with Gasteiger partial charge in [-0.1, -0.05) is 6.92 Å². The molecular weight excluding hydrogens is 378 g/mol. The Hall–Kier alpha value is -0.570. The van der Waals surface area contributed by atoms with Crippen molar-refractivity contribution in [3.8, 4) is 0 Å². The first kappa shape index (κ1) is 18.5. The van der Waals surface area contributed by atoms with Crippen LogP contribution in [0.3, 0.4) is 0 Å². The van der Waals surface area contributed by atoms with Gasteiger partial charge in [0.2, 0.25) is 10.0 Å². The zero-order valence-electron chi connectivity index (χ0n) is 12.0. The number of sulfonamides is 1. The second-order valence-electron chi connectivity index (χ2n) is 4.49. The van der Waals surface area contributed by atoms with Crippen molar-refractivity contribution in [1.29, 1.82) is 0 Å². The molecule has 0 heterocycles. The van der Waals surface area contributed by atoms with Crippen molar-refractivity contribution in [2.75, 3.05) is 19.1 Å². The van der Waals surface area contributed by atoms with E-state index >= 15 is 0 Å². The molecule has 8 heteroatoms. The third-order valence-corrected chi connectivity index (χ3v) is 6.80. The molecule has 0 bridgehead atoms. The predicted octanol–water partition coefficient (Wildman–Crippen LogP) is 2.91. The van der Waals surface area contributed by atoms with E-state index in [4.69, 9.17) is 5.11 Å². The number of hydrogen-bond acceptors (Lipinski definition) is 4. The van der Waals surface area contributed by atoms with Gasteiger partial charge in [0.1, 0.15) is 0 Å². The molecule has 1 N–H and O–H groups in total. The Morgan fingerprint density at radius 3 is 2.57 bits per heavy atom. The van der Waals surface area contributed by atoms with Gasteiger partial charge in [0.05, 0.1) is 10.5 Å². The molecule has 5 nitrogen and oxygen atoms in total. The topological polar surface area (TPSA) is 74.7 Å². The third kappa shape index (κ3) is 4.21. The zero-order valence-corrected chi connectivity index (χ0v) is 15.3. The molecule has 1 atom stereocenters. The summed E-state index contributed by atoms with van der Waals surface area (Å²) in [6, 6.07) is 3.86. The summed E-state index contributed by atoms with van der Waals surface area (Å²) in [6.07, 6.45) is 2.61. The van der Waals surface area contributed by atoms with Gasteiger partial charge in [-0.2, -0.15) is 16.1 Å². The minimum absolute atomic E-state index is 0.0237. The van der Waals surface area contributed by atoms with Crippen molar-refractivity contribution < 1.29 is 18.3 Å². The summed E-state index contributed by atoms with van der Waals surface area (Å²) in [6.45, 7) is 1.93. The Morgan fingerprint density at radius 1 is 1.48 bits per heavy atom. The van der Waals surface area contributed by atoms with E-state index in [-0.39, 0.29) is 16.5 Å².